The molecule has 0 radical (unpaired) electrons. The second-order valence-electron chi connectivity index (χ2n) is 6.17. The number of sulfonamides is 1. The molecule has 0 bridgehead atoms. The lowest BCUT2D eigenvalue weighted by molar-refractivity contribution is 0.103. The van der Waals surface area contributed by atoms with Gasteiger partial charge in [0, 0.05) is 5.69 Å². The van der Waals surface area contributed by atoms with Gasteiger partial charge >= 0.3 is 0 Å². The first-order chi connectivity index (χ1) is 12.7. The third kappa shape index (κ3) is 4.53. The maximum Gasteiger partial charge on any atom is 0.267 e. The molecule has 0 spiro atoms. The zero-order valence-corrected chi connectivity index (χ0v) is 16.7. The number of nitrogens with one attached hydrogen (secondary N) is 2. The van der Waals surface area contributed by atoms with Crippen molar-refractivity contribution in [1.29, 1.82) is 0 Å². The van der Waals surface area contributed by atoms with Gasteiger partial charge in [-0.3, -0.25) is 9.52 Å². The third-order valence-corrected chi connectivity index (χ3v) is 6.42. The number of hydrogen-bond acceptors (Lipinski definition) is 5. The lowest BCUT2D eigenvalue weighted by Gasteiger charge is -2.05. The highest BCUT2D eigenvalue weighted by Crippen LogP contribution is 2.26. The second-order valence-corrected chi connectivity index (χ2v) is 8.85. The van der Waals surface area contributed by atoms with E-state index in [4.69, 9.17) is 0 Å². The fourth-order valence-corrected chi connectivity index (χ4v) is 4.46. The van der Waals surface area contributed by atoms with Crippen LogP contribution in [0.4, 0.5) is 10.8 Å². The summed E-state index contributed by atoms with van der Waals surface area (Å²) < 4.78 is 27.4. The Balaban J connectivity index is 1.78. The van der Waals surface area contributed by atoms with Gasteiger partial charge in [-0.15, -0.1) is 0 Å². The molecule has 2 aromatic carbocycles. The van der Waals surface area contributed by atoms with Crippen molar-refractivity contribution in [2.45, 2.75) is 25.7 Å². The highest BCUT2D eigenvalue weighted by Gasteiger charge is 2.20. The molecule has 3 aromatic rings. The molecule has 0 fully saturated rings. The number of carbonyl (C=O) groups excluding carboxylic acids is 1. The summed E-state index contributed by atoms with van der Waals surface area (Å²) in [6, 6.07) is 13.9. The normalized spacial score (nSPS) is 11.2. The molecule has 27 heavy (non-hydrogen) atoms. The smallest absolute Gasteiger partial charge is 0.267 e. The van der Waals surface area contributed by atoms with Crippen LogP contribution in [0.2, 0.25) is 0 Å². The molecule has 0 unspecified atom stereocenters. The van der Waals surface area contributed by atoms with Crippen LogP contribution in [0, 0.1) is 20.8 Å². The minimum absolute atomic E-state index is 0.145. The fourth-order valence-electron chi connectivity index (χ4n) is 2.37. The molecule has 1 aromatic heterocycles. The Morgan fingerprint density at radius 2 is 1.48 bits per heavy atom. The lowest BCUT2D eigenvalue weighted by Crippen LogP contribution is -2.12. The molecule has 6 nitrogen and oxygen atoms in total. The Labute approximate surface area is 162 Å². The predicted octanol–water partition coefficient (Wildman–Crippen LogP) is 4.12. The molecule has 3 rings (SSSR count). The first-order valence-electron chi connectivity index (χ1n) is 8.19. The number of rotatable bonds is 5. The van der Waals surface area contributed by atoms with E-state index >= 15 is 0 Å². The summed E-state index contributed by atoms with van der Waals surface area (Å²) in [7, 11) is -3.76. The molecule has 140 valence electrons. The minimum atomic E-state index is -3.76. The molecule has 1 heterocycles. The van der Waals surface area contributed by atoms with Gasteiger partial charge in [-0.25, -0.2) is 13.4 Å². The van der Waals surface area contributed by atoms with Gasteiger partial charge < -0.3 is 5.32 Å². The Morgan fingerprint density at radius 1 is 0.926 bits per heavy atom. The van der Waals surface area contributed by atoms with E-state index in [0.717, 1.165) is 22.5 Å². The van der Waals surface area contributed by atoms with Crippen molar-refractivity contribution in [3.63, 3.8) is 0 Å². The number of carbonyl (C=O) groups is 1. The van der Waals surface area contributed by atoms with Crippen LogP contribution in [0.25, 0.3) is 0 Å². The number of anilines is 2. The van der Waals surface area contributed by atoms with Crippen molar-refractivity contribution in [3.05, 3.63) is 70.2 Å². The van der Waals surface area contributed by atoms with Crippen LogP contribution in [0.15, 0.2) is 53.4 Å². The van der Waals surface area contributed by atoms with Crippen LogP contribution in [0.3, 0.4) is 0 Å². The van der Waals surface area contributed by atoms with Gasteiger partial charge in [-0.1, -0.05) is 46.7 Å². The van der Waals surface area contributed by atoms with E-state index in [1.54, 1.807) is 19.1 Å². The summed E-state index contributed by atoms with van der Waals surface area (Å²) in [5.74, 6) is -0.324. The Morgan fingerprint density at radius 3 is 2.07 bits per heavy atom. The first kappa shape index (κ1) is 19.1. The van der Waals surface area contributed by atoms with Gasteiger partial charge in [0.2, 0.25) is 0 Å². The van der Waals surface area contributed by atoms with Crippen LogP contribution in [0.1, 0.15) is 26.5 Å². The second kappa shape index (κ2) is 7.50. The predicted molar refractivity (Wildman–Crippen MR) is 108 cm³/mol. The number of hydrogen-bond donors (Lipinski definition) is 2. The molecule has 0 atom stereocenters. The number of thiazole rings is 1. The zero-order valence-electron chi connectivity index (χ0n) is 15.1. The van der Waals surface area contributed by atoms with E-state index in [9.17, 15) is 13.2 Å². The van der Waals surface area contributed by atoms with E-state index in [1.807, 2.05) is 38.1 Å². The number of amides is 1. The van der Waals surface area contributed by atoms with Gasteiger partial charge in [-0.2, -0.15) is 0 Å². The van der Waals surface area contributed by atoms with Crippen LogP contribution in [-0.2, 0) is 10.0 Å². The average Bonchev–Trinajstić information content (AvgIpc) is 2.97. The maximum atomic E-state index is 12.5. The standard InChI is InChI=1S/C19H19N3O3S2/c1-12-4-8-15(9-5-12)21-18(23)17-14(3)20-19(26-17)22-27(24,25)16-10-6-13(2)7-11-16/h4-11H,1-3H3,(H,20,22)(H,21,23). The number of aryl methyl sites for hydroxylation is 3. The van der Waals surface area contributed by atoms with Crippen molar-refractivity contribution in [3.8, 4) is 0 Å². The van der Waals surface area contributed by atoms with E-state index in [1.165, 1.54) is 12.1 Å². The van der Waals surface area contributed by atoms with Gasteiger partial charge in [-0.05, 0) is 45.0 Å². The maximum absolute atomic E-state index is 12.5. The molecule has 2 N–H and O–H groups in total. The van der Waals surface area contributed by atoms with Crippen molar-refractivity contribution in [2.24, 2.45) is 0 Å². The molecule has 0 aliphatic carbocycles. The highest BCUT2D eigenvalue weighted by atomic mass is 32.2. The molecule has 8 heteroatoms. The van der Waals surface area contributed by atoms with Crippen LogP contribution in [-0.4, -0.2) is 19.3 Å². The third-order valence-electron chi connectivity index (χ3n) is 3.87. The monoisotopic (exact) mass is 401 g/mol. The Hall–Kier alpha value is -2.71. The Kier molecular flexibility index (Phi) is 5.29. The topological polar surface area (TPSA) is 88.2 Å². The summed E-state index contributed by atoms with van der Waals surface area (Å²) in [6.45, 7) is 5.52. The molecule has 0 aliphatic heterocycles. The Bertz CT molecular complexity index is 1070. The SMILES string of the molecule is Cc1ccc(NC(=O)c2sc(NS(=O)(=O)c3ccc(C)cc3)nc2C)cc1. The highest BCUT2D eigenvalue weighted by molar-refractivity contribution is 7.93. The quantitative estimate of drug-likeness (QED) is 0.673. The summed E-state index contributed by atoms with van der Waals surface area (Å²) in [6.07, 6.45) is 0. The van der Waals surface area contributed by atoms with Gasteiger partial charge in [0.25, 0.3) is 15.9 Å². The van der Waals surface area contributed by atoms with E-state index in [2.05, 4.69) is 15.0 Å². The molecule has 1 amide bonds. The van der Waals surface area contributed by atoms with Gasteiger partial charge in [0.05, 0.1) is 10.6 Å². The summed E-state index contributed by atoms with van der Waals surface area (Å²) in [4.78, 5) is 17.2. The van der Waals surface area contributed by atoms with E-state index in [-0.39, 0.29) is 15.9 Å². The van der Waals surface area contributed by atoms with Crippen LogP contribution < -0.4 is 10.0 Å². The van der Waals surface area contributed by atoms with Crippen molar-refractivity contribution < 1.29 is 13.2 Å². The van der Waals surface area contributed by atoms with E-state index in [0.29, 0.717) is 16.3 Å². The lowest BCUT2D eigenvalue weighted by atomic mass is 10.2. The minimum Gasteiger partial charge on any atom is -0.321 e. The molecular weight excluding hydrogens is 382 g/mol. The summed E-state index contributed by atoms with van der Waals surface area (Å²) >= 11 is 1.00. The van der Waals surface area contributed by atoms with Gasteiger partial charge in [0.1, 0.15) is 4.88 Å². The molecule has 0 saturated heterocycles. The zero-order chi connectivity index (χ0) is 19.6. The van der Waals surface area contributed by atoms with Crippen LogP contribution >= 0.6 is 11.3 Å². The molecule has 0 aliphatic rings. The van der Waals surface area contributed by atoms with E-state index < -0.39 is 10.0 Å². The van der Waals surface area contributed by atoms with Gasteiger partial charge in [0.15, 0.2) is 5.13 Å². The average molecular weight is 402 g/mol. The van der Waals surface area contributed by atoms with Crippen molar-refractivity contribution in [1.82, 2.24) is 4.98 Å². The molecule has 0 saturated carbocycles. The van der Waals surface area contributed by atoms with Crippen molar-refractivity contribution in [2.75, 3.05) is 10.0 Å². The first-order valence-corrected chi connectivity index (χ1v) is 10.5. The number of benzene rings is 2. The number of nitrogens with zero attached hydrogens (tertiary/aromatic N) is 1. The van der Waals surface area contributed by atoms with Crippen molar-refractivity contribution >= 4 is 38.1 Å². The fraction of sp³-hybridized carbons (Fsp3) is 0.158. The summed E-state index contributed by atoms with van der Waals surface area (Å²) in [5.41, 5.74) is 3.19. The largest absolute Gasteiger partial charge is 0.321 e. The molecular formula is C19H19N3O3S2. The number of aromatic nitrogens is 1. The summed E-state index contributed by atoms with van der Waals surface area (Å²) in [5, 5.41) is 2.95. The van der Waals surface area contributed by atoms with Crippen LogP contribution in [0.5, 0.6) is 0 Å².